The third kappa shape index (κ3) is 6.42. The predicted octanol–water partition coefficient (Wildman–Crippen LogP) is 4.01. The number of hydrogen-bond donors (Lipinski definition) is 2. The number of imidazole rings is 1. The van der Waals surface area contributed by atoms with Crippen LogP contribution in [0.1, 0.15) is 42.0 Å². The van der Waals surface area contributed by atoms with E-state index in [0.717, 1.165) is 11.4 Å². The molecule has 8 nitrogen and oxygen atoms in total. The van der Waals surface area contributed by atoms with Crippen molar-refractivity contribution in [2.75, 3.05) is 24.4 Å². The number of fused-ring (bicyclic) bond motifs is 1. The number of hydrogen-bond acceptors (Lipinski definition) is 6. The highest BCUT2D eigenvalue weighted by atomic mass is 32.2. The van der Waals surface area contributed by atoms with Crippen LogP contribution in [0.25, 0.3) is 11.0 Å². The lowest BCUT2D eigenvalue weighted by molar-refractivity contribution is -0.142. The van der Waals surface area contributed by atoms with E-state index >= 15 is 0 Å². The second-order valence-corrected chi connectivity index (χ2v) is 9.58. The number of methoxy groups -OCH3 is 1. The summed E-state index contributed by atoms with van der Waals surface area (Å²) in [4.78, 5) is 42.9. The molecule has 0 saturated carbocycles. The van der Waals surface area contributed by atoms with Crippen LogP contribution in [0.15, 0.2) is 42.5 Å². The van der Waals surface area contributed by atoms with Gasteiger partial charge in [-0.25, -0.2) is 9.78 Å². The van der Waals surface area contributed by atoms with E-state index in [1.807, 2.05) is 48.1 Å². The maximum atomic E-state index is 13.6. The summed E-state index contributed by atoms with van der Waals surface area (Å²) in [5, 5.41) is 5.70. The van der Waals surface area contributed by atoms with Gasteiger partial charge in [0.2, 0.25) is 5.91 Å². The minimum Gasteiger partial charge on any atom is -0.467 e. The van der Waals surface area contributed by atoms with Crippen molar-refractivity contribution in [1.82, 2.24) is 14.9 Å². The van der Waals surface area contributed by atoms with E-state index in [9.17, 15) is 14.4 Å². The molecule has 3 rings (SSSR count). The zero-order chi connectivity index (χ0) is 25.5. The van der Waals surface area contributed by atoms with Gasteiger partial charge in [-0.1, -0.05) is 44.2 Å². The third-order valence-electron chi connectivity index (χ3n) is 5.65. The molecule has 0 aliphatic heterocycles. The van der Waals surface area contributed by atoms with Gasteiger partial charge < -0.3 is 19.9 Å². The van der Waals surface area contributed by atoms with Crippen LogP contribution in [0.3, 0.4) is 0 Å². The highest BCUT2D eigenvalue weighted by Gasteiger charge is 2.25. The molecule has 0 aliphatic rings. The molecule has 186 valence electrons. The Kier molecular flexibility index (Phi) is 8.92. The second-order valence-electron chi connectivity index (χ2n) is 8.60. The minimum absolute atomic E-state index is 0.163. The summed E-state index contributed by atoms with van der Waals surface area (Å²) in [6.45, 7) is 6.00. The van der Waals surface area contributed by atoms with Gasteiger partial charge in [0.15, 0.2) is 0 Å². The van der Waals surface area contributed by atoms with Gasteiger partial charge in [0.05, 0.1) is 23.7 Å². The van der Waals surface area contributed by atoms with Crippen molar-refractivity contribution in [1.29, 1.82) is 0 Å². The average molecular weight is 497 g/mol. The fourth-order valence-electron chi connectivity index (χ4n) is 3.74. The number of ether oxygens (including phenoxy) is 1. The Morgan fingerprint density at radius 1 is 1.14 bits per heavy atom. The molecule has 2 N–H and O–H groups in total. The number of anilines is 1. The summed E-state index contributed by atoms with van der Waals surface area (Å²) in [6.07, 6.45) is 2.38. The minimum atomic E-state index is -0.782. The first-order valence-electron chi connectivity index (χ1n) is 11.5. The second kappa shape index (κ2) is 11.9. The van der Waals surface area contributed by atoms with Crippen LogP contribution in [-0.2, 0) is 20.9 Å². The van der Waals surface area contributed by atoms with Gasteiger partial charge in [-0.05, 0) is 43.0 Å². The fraction of sp³-hybridized carbons (Fsp3) is 0.385. The summed E-state index contributed by atoms with van der Waals surface area (Å²) in [7, 11) is 1.30. The smallest absolute Gasteiger partial charge is 0.328 e. The molecule has 2 aromatic carbocycles. The number of nitrogens with zero attached hydrogens (tertiary/aromatic N) is 2. The topological polar surface area (TPSA) is 102 Å². The summed E-state index contributed by atoms with van der Waals surface area (Å²) in [5.74, 6) is 0.102. The van der Waals surface area contributed by atoms with Crippen LogP contribution < -0.4 is 10.6 Å². The molecule has 0 bridgehead atoms. The van der Waals surface area contributed by atoms with E-state index in [0.29, 0.717) is 41.0 Å². The summed E-state index contributed by atoms with van der Waals surface area (Å²) < 4.78 is 6.88. The Hall–Kier alpha value is -3.33. The van der Waals surface area contributed by atoms with Gasteiger partial charge in [-0.3, -0.25) is 9.59 Å². The van der Waals surface area contributed by atoms with E-state index in [4.69, 9.17) is 4.74 Å². The van der Waals surface area contributed by atoms with Crippen LogP contribution in [0.2, 0.25) is 0 Å². The molecule has 1 atom stereocenters. The van der Waals surface area contributed by atoms with E-state index in [-0.39, 0.29) is 11.8 Å². The molecule has 1 heterocycles. The molecule has 1 aromatic heterocycles. The Morgan fingerprint density at radius 3 is 2.49 bits per heavy atom. The Bertz CT molecular complexity index is 1210. The first-order chi connectivity index (χ1) is 16.7. The lowest BCUT2D eigenvalue weighted by Gasteiger charge is -2.18. The quantitative estimate of drug-likeness (QED) is 0.411. The van der Waals surface area contributed by atoms with E-state index in [1.165, 1.54) is 7.11 Å². The van der Waals surface area contributed by atoms with Crippen molar-refractivity contribution < 1.29 is 19.1 Å². The van der Waals surface area contributed by atoms with Crippen molar-refractivity contribution in [2.24, 2.45) is 5.92 Å². The van der Waals surface area contributed by atoms with Gasteiger partial charge in [0.1, 0.15) is 11.9 Å². The largest absolute Gasteiger partial charge is 0.467 e. The monoisotopic (exact) mass is 496 g/mol. The number of benzene rings is 2. The first-order valence-corrected chi connectivity index (χ1v) is 12.9. The molecular formula is C26H32N4O4S. The standard InChI is InChI=1S/C26H32N4O4S/c1-16(2)24(31)28-19-13-20(25(32)29-21(11-12-35-5)26(33)34-4)23-22(14-19)27-17(3)30(23)15-18-9-7-6-8-10-18/h6-10,13-14,16,21H,11-12,15H2,1-5H3,(H,28,31)(H,29,32). The van der Waals surface area contributed by atoms with Crippen LogP contribution >= 0.6 is 11.8 Å². The molecule has 0 saturated heterocycles. The number of carbonyl (C=O) groups is 3. The molecule has 9 heteroatoms. The predicted molar refractivity (Wildman–Crippen MR) is 140 cm³/mol. The van der Waals surface area contributed by atoms with E-state index < -0.39 is 17.9 Å². The summed E-state index contributed by atoms with van der Waals surface area (Å²) >= 11 is 1.58. The van der Waals surface area contributed by atoms with Crippen LogP contribution in [-0.4, -0.2) is 52.5 Å². The first kappa shape index (κ1) is 26.3. The SMILES string of the molecule is COC(=O)C(CCSC)NC(=O)c1cc(NC(=O)C(C)C)cc2nc(C)n(Cc3ccccc3)c12. The molecule has 0 radical (unpaired) electrons. The molecule has 3 aromatic rings. The Labute approximate surface area is 209 Å². The van der Waals surface area contributed by atoms with Gasteiger partial charge in [0, 0.05) is 18.2 Å². The van der Waals surface area contributed by atoms with Crippen molar-refractivity contribution >= 4 is 46.3 Å². The van der Waals surface area contributed by atoms with Crippen molar-refractivity contribution in [3.05, 3.63) is 59.4 Å². The highest BCUT2D eigenvalue weighted by Crippen LogP contribution is 2.27. The molecule has 1 unspecified atom stereocenters. The van der Waals surface area contributed by atoms with Crippen molar-refractivity contribution in [2.45, 2.75) is 39.8 Å². The fourth-order valence-corrected chi connectivity index (χ4v) is 4.21. The number of thioether (sulfide) groups is 1. The Morgan fingerprint density at radius 2 is 1.86 bits per heavy atom. The van der Waals surface area contributed by atoms with Gasteiger partial charge in [0.25, 0.3) is 5.91 Å². The number of aryl methyl sites for hydroxylation is 1. The number of nitrogens with one attached hydrogen (secondary N) is 2. The zero-order valence-corrected chi connectivity index (χ0v) is 21.6. The molecule has 0 spiro atoms. The van der Waals surface area contributed by atoms with Crippen LogP contribution in [0, 0.1) is 12.8 Å². The zero-order valence-electron chi connectivity index (χ0n) is 20.8. The van der Waals surface area contributed by atoms with Gasteiger partial charge in [-0.15, -0.1) is 0 Å². The normalized spacial score (nSPS) is 11.9. The van der Waals surface area contributed by atoms with Crippen molar-refractivity contribution in [3.8, 4) is 0 Å². The molecule has 0 fully saturated rings. The van der Waals surface area contributed by atoms with Crippen molar-refractivity contribution in [3.63, 3.8) is 0 Å². The van der Waals surface area contributed by atoms with Crippen LogP contribution in [0.5, 0.6) is 0 Å². The average Bonchev–Trinajstić information content (AvgIpc) is 3.15. The highest BCUT2D eigenvalue weighted by molar-refractivity contribution is 7.98. The molecule has 0 aliphatic carbocycles. The lowest BCUT2D eigenvalue weighted by atomic mass is 10.1. The number of amides is 2. The van der Waals surface area contributed by atoms with E-state index in [1.54, 1.807) is 37.7 Å². The number of aromatic nitrogens is 2. The number of esters is 1. The summed E-state index contributed by atoms with van der Waals surface area (Å²) in [5.41, 5.74) is 3.09. The Balaban J connectivity index is 2.09. The van der Waals surface area contributed by atoms with Crippen LogP contribution in [0.4, 0.5) is 5.69 Å². The summed E-state index contributed by atoms with van der Waals surface area (Å²) in [6, 6.07) is 12.5. The lowest BCUT2D eigenvalue weighted by Crippen LogP contribution is -2.42. The van der Waals surface area contributed by atoms with Gasteiger partial charge in [-0.2, -0.15) is 11.8 Å². The molecule has 35 heavy (non-hydrogen) atoms. The number of carbonyl (C=O) groups excluding carboxylic acids is 3. The molecule has 2 amide bonds. The third-order valence-corrected chi connectivity index (χ3v) is 6.30. The maximum absolute atomic E-state index is 13.6. The molecular weight excluding hydrogens is 464 g/mol. The van der Waals surface area contributed by atoms with E-state index in [2.05, 4.69) is 15.6 Å². The maximum Gasteiger partial charge on any atom is 0.328 e. The van der Waals surface area contributed by atoms with Gasteiger partial charge >= 0.3 is 5.97 Å². The number of rotatable bonds is 10.